The molecule has 0 aromatic heterocycles. The van der Waals surface area contributed by atoms with Crippen LogP contribution in [-0.2, 0) is 23.9 Å². The van der Waals surface area contributed by atoms with E-state index in [1.54, 1.807) is 0 Å². The van der Waals surface area contributed by atoms with E-state index >= 15 is 0 Å². The Morgan fingerprint density at radius 2 is 1.62 bits per heavy atom. The molecule has 13 heavy (non-hydrogen) atoms. The highest BCUT2D eigenvalue weighted by Gasteiger charge is 2.44. The Hall–Kier alpha value is -0.440. The molecule has 1 fully saturated rings. The van der Waals surface area contributed by atoms with Crippen LogP contribution < -0.4 is 0 Å². The topological polar surface area (TPSA) is 97.7 Å². The van der Waals surface area contributed by atoms with Gasteiger partial charge >= 0.3 is 0 Å². The summed E-state index contributed by atoms with van der Waals surface area (Å²) >= 11 is 0. The van der Waals surface area contributed by atoms with Crippen molar-refractivity contribution in [2.45, 2.75) is 5.60 Å². The summed E-state index contributed by atoms with van der Waals surface area (Å²) in [5.74, 6) is -1.58. The van der Waals surface area contributed by atoms with Crippen LogP contribution in [-0.4, -0.2) is 39.0 Å². The molecule has 0 bridgehead atoms. The average molecular weight is 228 g/mol. The van der Waals surface area contributed by atoms with E-state index in [0.29, 0.717) is 0 Å². The van der Waals surface area contributed by atoms with Gasteiger partial charge in [0.25, 0.3) is 20.2 Å². The largest absolute Gasteiger partial charge is 0.383 e. The second-order valence-electron chi connectivity index (χ2n) is 2.78. The highest BCUT2D eigenvalue weighted by molar-refractivity contribution is 8.00. The molecule has 0 aromatic carbocycles. The van der Waals surface area contributed by atoms with E-state index < -0.39 is 37.3 Å². The quantitative estimate of drug-likeness (QED) is 0.554. The predicted octanol–water partition coefficient (Wildman–Crippen LogP) is -1.41. The third-order valence-corrected chi connectivity index (χ3v) is 4.81. The third kappa shape index (κ3) is 2.50. The van der Waals surface area contributed by atoms with Gasteiger partial charge in [0.05, 0.1) is 0 Å². The van der Waals surface area contributed by atoms with Gasteiger partial charge in [-0.25, -0.2) is 0 Å². The maximum atomic E-state index is 10.8. The van der Waals surface area contributed by atoms with E-state index in [9.17, 15) is 21.9 Å². The van der Waals surface area contributed by atoms with E-state index in [4.69, 9.17) is 0 Å². The molecular weight excluding hydrogens is 220 g/mol. The molecule has 1 N–H and O–H groups in total. The second kappa shape index (κ2) is 2.77. The summed E-state index contributed by atoms with van der Waals surface area (Å²) in [5.41, 5.74) is -1.95. The molecule has 0 aliphatic carbocycles. The predicted molar refractivity (Wildman–Crippen MR) is 43.8 cm³/mol. The van der Waals surface area contributed by atoms with Gasteiger partial charge in [0.1, 0.15) is 17.1 Å². The van der Waals surface area contributed by atoms with Crippen molar-refractivity contribution in [2.24, 2.45) is 0 Å². The Kier molecular flexibility index (Phi) is 2.27. The molecule has 1 heterocycles. The first-order valence-electron chi connectivity index (χ1n) is 3.20. The van der Waals surface area contributed by atoms with Gasteiger partial charge in [0, 0.05) is 0 Å². The van der Waals surface area contributed by atoms with E-state index in [-0.39, 0.29) is 0 Å². The van der Waals surface area contributed by atoms with Gasteiger partial charge < -0.3 is 5.11 Å². The van der Waals surface area contributed by atoms with Gasteiger partial charge in [-0.1, -0.05) is 6.08 Å². The highest BCUT2D eigenvalue weighted by atomic mass is 32.3. The minimum absolute atomic E-state index is 0.789. The Labute approximate surface area is 76.1 Å². The SMILES string of the molecule is C=CC1(O)CS(=O)(=O)OS(=O)(=O)C1. The lowest BCUT2D eigenvalue weighted by molar-refractivity contribution is 0.131. The van der Waals surface area contributed by atoms with Gasteiger partial charge in [-0.05, 0) is 0 Å². The van der Waals surface area contributed by atoms with Crippen molar-refractivity contribution in [1.82, 2.24) is 0 Å². The van der Waals surface area contributed by atoms with Crippen LogP contribution in [0.1, 0.15) is 0 Å². The van der Waals surface area contributed by atoms with Crippen molar-refractivity contribution in [1.29, 1.82) is 0 Å². The minimum atomic E-state index is -4.22. The monoisotopic (exact) mass is 228 g/mol. The first-order valence-corrected chi connectivity index (χ1v) is 6.36. The maximum Gasteiger partial charge on any atom is 0.285 e. The fraction of sp³-hybridized carbons (Fsp3) is 0.600. The molecule has 0 amide bonds. The Morgan fingerprint density at radius 1 is 1.23 bits per heavy atom. The second-order valence-corrected chi connectivity index (χ2v) is 6.13. The molecule has 6 nitrogen and oxygen atoms in total. The maximum absolute atomic E-state index is 10.8. The molecule has 1 aliphatic rings. The van der Waals surface area contributed by atoms with Gasteiger partial charge in [0.15, 0.2) is 0 Å². The number of hydrogen-bond acceptors (Lipinski definition) is 6. The van der Waals surface area contributed by atoms with Gasteiger partial charge in [0.2, 0.25) is 0 Å². The van der Waals surface area contributed by atoms with Crippen molar-refractivity contribution in [2.75, 3.05) is 11.5 Å². The summed E-state index contributed by atoms with van der Waals surface area (Å²) in [4.78, 5) is 0. The van der Waals surface area contributed by atoms with Gasteiger partial charge in [-0.2, -0.15) is 16.8 Å². The van der Waals surface area contributed by atoms with Crippen LogP contribution in [0.3, 0.4) is 0 Å². The van der Waals surface area contributed by atoms with E-state index in [1.165, 1.54) is 0 Å². The smallest absolute Gasteiger partial charge is 0.285 e. The summed E-state index contributed by atoms with van der Waals surface area (Å²) in [7, 11) is -8.44. The van der Waals surface area contributed by atoms with Crippen LogP contribution in [0.25, 0.3) is 0 Å². The zero-order valence-corrected chi connectivity index (χ0v) is 8.14. The zero-order chi connectivity index (χ0) is 10.3. The van der Waals surface area contributed by atoms with Crippen molar-refractivity contribution in [3.05, 3.63) is 12.7 Å². The van der Waals surface area contributed by atoms with Crippen molar-refractivity contribution >= 4 is 20.2 Å². The fourth-order valence-corrected chi connectivity index (χ4v) is 4.42. The molecule has 0 radical (unpaired) electrons. The lowest BCUT2D eigenvalue weighted by Gasteiger charge is -2.26. The first-order chi connectivity index (χ1) is 5.68. The van der Waals surface area contributed by atoms with Crippen molar-refractivity contribution in [3.63, 3.8) is 0 Å². The molecule has 0 unspecified atom stereocenters. The number of aliphatic hydroxyl groups is 1. The summed E-state index contributed by atoms with van der Waals surface area (Å²) in [6, 6.07) is 0. The summed E-state index contributed by atoms with van der Waals surface area (Å²) < 4.78 is 47.1. The average Bonchev–Trinajstić information content (AvgIpc) is 1.79. The fourth-order valence-electron chi connectivity index (χ4n) is 0.978. The standard InChI is InChI=1S/C5H8O6S2/c1-2-5(6)3-12(7,8)11-13(9,10)4-5/h2,6H,1,3-4H2. The Balaban J connectivity index is 3.19. The van der Waals surface area contributed by atoms with Crippen LogP contribution in [0.15, 0.2) is 12.7 Å². The molecule has 0 spiro atoms. The lowest BCUT2D eigenvalue weighted by atomic mass is 10.1. The van der Waals surface area contributed by atoms with Crippen LogP contribution in [0.2, 0.25) is 0 Å². The summed E-state index contributed by atoms with van der Waals surface area (Å²) in [6.45, 7) is 3.15. The van der Waals surface area contributed by atoms with Crippen LogP contribution in [0.5, 0.6) is 0 Å². The van der Waals surface area contributed by atoms with E-state index in [0.717, 1.165) is 6.08 Å². The molecule has 76 valence electrons. The highest BCUT2D eigenvalue weighted by Crippen LogP contribution is 2.22. The molecule has 1 aliphatic heterocycles. The van der Waals surface area contributed by atoms with Crippen LogP contribution in [0.4, 0.5) is 0 Å². The molecule has 0 atom stereocenters. The minimum Gasteiger partial charge on any atom is -0.383 e. The number of rotatable bonds is 1. The van der Waals surface area contributed by atoms with Crippen molar-refractivity contribution < 1.29 is 25.6 Å². The van der Waals surface area contributed by atoms with E-state index in [2.05, 4.69) is 10.2 Å². The van der Waals surface area contributed by atoms with Crippen molar-refractivity contribution in [3.8, 4) is 0 Å². The molecule has 1 saturated heterocycles. The summed E-state index contributed by atoms with van der Waals surface area (Å²) in [5, 5.41) is 9.39. The molecule has 0 saturated carbocycles. The lowest BCUT2D eigenvalue weighted by Crippen LogP contribution is -2.47. The normalized spacial score (nSPS) is 29.3. The number of hydrogen-bond donors (Lipinski definition) is 1. The Morgan fingerprint density at radius 3 is 1.92 bits per heavy atom. The molecule has 0 aromatic rings. The van der Waals surface area contributed by atoms with Crippen LogP contribution in [0, 0.1) is 0 Å². The molecule has 1 rings (SSSR count). The van der Waals surface area contributed by atoms with E-state index in [1.807, 2.05) is 0 Å². The molecular formula is C5H8O6S2. The van der Waals surface area contributed by atoms with Gasteiger partial charge in [-0.15, -0.1) is 10.2 Å². The van der Waals surface area contributed by atoms with Crippen LogP contribution >= 0.6 is 0 Å². The third-order valence-electron chi connectivity index (χ3n) is 1.44. The zero-order valence-electron chi connectivity index (χ0n) is 6.50. The Bertz CT molecular complexity index is 382. The molecule has 8 heteroatoms. The first kappa shape index (κ1) is 10.6. The van der Waals surface area contributed by atoms with Gasteiger partial charge in [-0.3, -0.25) is 0 Å². The summed E-state index contributed by atoms with van der Waals surface area (Å²) in [6.07, 6.45) is 0.880.